The Kier molecular flexibility index (Phi) is 3.69. The Bertz CT molecular complexity index is 518. The van der Waals surface area contributed by atoms with E-state index in [0.717, 1.165) is 4.57 Å². The second kappa shape index (κ2) is 4.83. The number of hydrogen-bond acceptors (Lipinski definition) is 4. The molecule has 17 heavy (non-hydrogen) atoms. The summed E-state index contributed by atoms with van der Waals surface area (Å²) < 4.78 is 6.25. The van der Waals surface area contributed by atoms with Gasteiger partial charge in [-0.15, -0.1) is 0 Å². The van der Waals surface area contributed by atoms with Gasteiger partial charge in [0.15, 0.2) is 0 Å². The van der Waals surface area contributed by atoms with E-state index in [1.807, 2.05) is 6.07 Å². The van der Waals surface area contributed by atoms with Crippen LogP contribution in [0.1, 0.15) is 26.3 Å². The Balaban J connectivity index is 2.86. The third-order valence-electron chi connectivity index (χ3n) is 1.83. The lowest BCUT2D eigenvalue weighted by Crippen LogP contribution is -2.30. The van der Waals surface area contributed by atoms with E-state index in [9.17, 15) is 9.59 Å². The van der Waals surface area contributed by atoms with Crippen molar-refractivity contribution >= 4 is 5.97 Å². The Labute approximate surface area is 99.2 Å². The molecule has 0 aromatic carbocycles. The van der Waals surface area contributed by atoms with Gasteiger partial charge in [0.25, 0.3) is 5.56 Å². The zero-order valence-electron chi connectivity index (χ0n) is 10.1. The van der Waals surface area contributed by atoms with Gasteiger partial charge in [-0.25, -0.2) is 0 Å². The second-order valence-electron chi connectivity index (χ2n) is 4.58. The van der Waals surface area contributed by atoms with Crippen molar-refractivity contribution in [1.82, 2.24) is 4.57 Å². The molecule has 1 aromatic heterocycles. The van der Waals surface area contributed by atoms with Gasteiger partial charge in [-0.1, -0.05) is 0 Å². The molecule has 0 saturated carbocycles. The molecule has 0 aliphatic rings. The van der Waals surface area contributed by atoms with Gasteiger partial charge in [0.05, 0.1) is 5.56 Å². The van der Waals surface area contributed by atoms with Crippen molar-refractivity contribution in [3.05, 3.63) is 34.2 Å². The fourth-order valence-electron chi connectivity index (χ4n) is 1.23. The number of hydrogen-bond donors (Lipinski definition) is 0. The van der Waals surface area contributed by atoms with E-state index in [1.54, 1.807) is 20.8 Å². The van der Waals surface area contributed by atoms with E-state index >= 15 is 0 Å². The zero-order chi connectivity index (χ0) is 13.1. The fraction of sp³-hybridized carbons (Fsp3) is 0.417. The molecule has 1 heterocycles. The highest BCUT2D eigenvalue weighted by Gasteiger charge is 2.16. The summed E-state index contributed by atoms with van der Waals surface area (Å²) in [6.45, 7) is 5.06. The summed E-state index contributed by atoms with van der Waals surface area (Å²) >= 11 is 0. The van der Waals surface area contributed by atoms with Gasteiger partial charge in [-0.3, -0.25) is 9.59 Å². The van der Waals surface area contributed by atoms with Crippen molar-refractivity contribution < 1.29 is 9.53 Å². The first-order valence-corrected chi connectivity index (χ1v) is 5.14. The third kappa shape index (κ3) is 4.11. The first-order chi connectivity index (χ1) is 7.81. The van der Waals surface area contributed by atoms with Crippen molar-refractivity contribution in [3.63, 3.8) is 0 Å². The predicted octanol–water partition coefficient (Wildman–Crippen LogP) is 1.06. The number of nitrogens with zero attached hydrogens (tertiary/aromatic N) is 2. The molecule has 90 valence electrons. The van der Waals surface area contributed by atoms with Crippen LogP contribution in [-0.2, 0) is 16.1 Å². The predicted molar refractivity (Wildman–Crippen MR) is 61.3 cm³/mol. The summed E-state index contributed by atoms with van der Waals surface area (Å²) in [7, 11) is 0. The average molecular weight is 234 g/mol. The Morgan fingerprint density at radius 3 is 2.65 bits per heavy atom. The lowest BCUT2D eigenvalue weighted by atomic mass is 10.2. The van der Waals surface area contributed by atoms with Crippen molar-refractivity contribution in [2.45, 2.75) is 32.9 Å². The van der Waals surface area contributed by atoms with Crippen molar-refractivity contribution in [1.29, 1.82) is 5.26 Å². The van der Waals surface area contributed by atoms with E-state index in [4.69, 9.17) is 10.00 Å². The van der Waals surface area contributed by atoms with Gasteiger partial charge in [0.2, 0.25) is 0 Å². The highest BCUT2D eigenvalue weighted by Crippen LogP contribution is 2.07. The third-order valence-corrected chi connectivity index (χ3v) is 1.83. The smallest absolute Gasteiger partial charge is 0.326 e. The first-order valence-electron chi connectivity index (χ1n) is 5.14. The Morgan fingerprint density at radius 1 is 1.47 bits per heavy atom. The number of aromatic nitrogens is 1. The molecule has 5 nitrogen and oxygen atoms in total. The van der Waals surface area contributed by atoms with Crippen LogP contribution in [0.3, 0.4) is 0 Å². The largest absolute Gasteiger partial charge is 0.459 e. The van der Waals surface area contributed by atoms with E-state index in [2.05, 4.69) is 0 Å². The standard InChI is InChI=1S/C12H14N2O3/c1-12(2,3)17-11(16)8-14-7-9(6-13)4-5-10(14)15/h4-5,7H,8H2,1-3H3. The number of pyridine rings is 1. The molecule has 0 fully saturated rings. The highest BCUT2D eigenvalue weighted by atomic mass is 16.6. The van der Waals surface area contributed by atoms with Crippen LogP contribution in [0.4, 0.5) is 0 Å². The van der Waals surface area contributed by atoms with E-state index in [-0.39, 0.29) is 12.1 Å². The van der Waals surface area contributed by atoms with Crippen molar-refractivity contribution in [2.24, 2.45) is 0 Å². The minimum Gasteiger partial charge on any atom is -0.459 e. The summed E-state index contributed by atoms with van der Waals surface area (Å²) in [6.07, 6.45) is 1.34. The van der Waals surface area contributed by atoms with Crippen LogP contribution in [0.2, 0.25) is 0 Å². The van der Waals surface area contributed by atoms with Gasteiger partial charge in [-0.2, -0.15) is 5.26 Å². The SMILES string of the molecule is CC(C)(C)OC(=O)Cn1cc(C#N)ccc1=O. The van der Waals surface area contributed by atoms with Gasteiger partial charge in [-0.05, 0) is 26.8 Å². The highest BCUT2D eigenvalue weighted by molar-refractivity contribution is 5.69. The summed E-state index contributed by atoms with van der Waals surface area (Å²) in [6, 6.07) is 4.57. The van der Waals surface area contributed by atoms with Crippen LogP contribution in [0.15, 0.2) is 23.1 Å². The minimum atomic E-state index is -0.590. The molecule has 1 aromatic rings. The number of ether oxygens (including phenoxy) is 1. The summed E-state index contributed by atoms with van der Waals surface area (Å²) in [5.74, 6) is -0.505. The molecule has 0 spiro atoms. The lowest BCUT2D eigenvalue weighted by Gasteiger charge is -2.19. The van der Waals surface area contributed by atoms with Gasteiger partial charge in [0, 0.05) is 12.3 Å². The molecule has 1 rings (SSSR count). The van der Waals surface area contributed by atoms with Crippen LogP contribution in [0, 0.1) is 11.3 Å². The molecule has 5 heteroatoms. The van der Waals surface area contributed by atoms with Gasteiger partial charge >= 0.3 is 5.97 Å². The maximum Gasteiger partial charge on any atom is 0.326 e. The zero-order valence-corrected chi connectivity index (χ0v) is 10.1. The first kappa shape index (κ1) is 13.0. The average Bonchev–Trinajstić information content (AvgIpc) is 2.18. The van der Waals surface area contributed by atoms with E-state index < -0.39 is 11.6 Å². The number of carbonyl (C=O) groups excluding carboxylic acids is 1. The Morgan fingerprint density at radius 2 is 2.12 bits per heavy atom. The quantitative estimate of drug-likeness (QED) is 0.717. The molecular formula is C12H14N2O3. The molecule has 0 amide bonds. The lowest BCUT2D eigenvalue weighted by molar-refractivity contribution is -0.155. The molecular weight excluding hydrogens is 220 g/mol. The number of rotatable bonds is 2. The molecule has 0 aliphatic carbocycles. The molecule has 0 bridgehead atoms. The Hall–Kier alpha value is -2.09. The van der Waals surface area contributed by atoms with E-state index in [1.165, 1.54) is 18.3 Å². The second-order valence-corrected chi connectivity index (χ2v) is 4.58. The fourth-order valence-corrected chi connectivity index (χ4v) is 1.23. The normalized spacial score (nSPS) is 10.7. The molecule has 0 atom stereocenters. The molecule has 0 unspecified atom stereocenters. The van der Waals surface area contributed by atoms with Gasteiger partial charge < -0.3 is 9.30 Å². The molecule has 0 N–H and O–H groups in total. The summed E-state index contributed by atoms with van der Waals surface area (Å²) in [5, 5.41) is 8.69. The maximum absolute atomic E-state index is 11.5. The summed E-state index contributed by atoms with van der Waals surface area (Å²) in [4.78, 5) is 22.9. The molecule has 0 saturated heterocycles. The number of nitriles is 1. The van der Waals surface area contributed by atoms with Crippen LogP contribution in [-0.4, -0.2) is 16.1 Å². The van der Waals surface area contributed by atoms with E-state index in [0.29, 0.717) is 5.56 Å². The summed E-state index contributed by atoms with van der Waals surface area (Å²) in [5.41, 5.74) is -0.601. The van der Waals surface area contributed by atoms with Crippen molar-refractivity contribution in [2.75, 3.05) is 0 Å². The topological polar surface area (TPSA) is 72.1 Å². The monoisotopic (exact) mass is 234 g/mol. The molecule has 0 aliphatic heterocycles. The van der Waals surface area contributed by atoms with Crippen LogP contribution in [0.5, 0.6) is 0 Å². The molecule has 0 radical (unpaired) electrons. The maximum atomic E-state index is 11.5. The van der Waals surface area contributed by atoms with Crippen LogP contribution in [0.25, 0.3) is 0 Å². The minimum absolute atomic E-state index is 0.189. The van der Waals surface area contributed by atoms with Crippen LogP contribution >= 0.6 is 0 Å². The number of esters is 1. The number of carbonyl (C=O) groups is 1. The van der Waals surface area contributed by atoms with Crippen LogP contribution < -0.4 is 5.56 Å². The van der Waals surface area contributed by atoms with Crippen molar-refractivity contribution in [3.8, 4) is 6.07 Å². The van der Waals surface area contributed by atoms with Gasteiger partial charge in [0.1, 0.15) is 18.2 Å².